The van der Waals surface area contributed by atoms with Crippen LogP contribution in [0.1, 0.15) is 11.1 Å². The van der Waals surface area contributed by atoms with Gasteiger partial charge in [-0.3, -0.25) is 4.99 Å². The molecule has 0 saturated heterocycles. The summed E-state index contributed by atoms with van der Waals surface area (Å²) in [5.41, 5.74) is 3.68. The van der Waals surface area contributed by atoms with E-state index in [0.717, 1.165) is 32.9 Å². The summed E-state index contributed by atoms with van der Waals surface area (Å²) >= 11 is 14.0. The number of nitrogens with zero attached hydrogens (tertiary/aromatic N) is 3. The molecular formula is C26H21Cl2N3OS. The molecule has 0 bridgehead atoms. The van der Waals surface area contributed by atoms with E-state index in [1.807, 2.05) is 72.1 Å². The van der Waals surface area contributed by atoms with Crippen LogP contribution in [0.25, 0.3) is 11.3 Å². The molecule has 0 radical (unpaired) electrons. The first-order valence-electron chi connectivity index (χ1n) is 10.2. The first kappa shape index (κ1) is 23.1. The molecule has 0 amide bonds. The second kappa shape index (κ2) is 11.1. The summed E-state index contributed by atoms with van der Waals surface area (Å²) in [7, 11) is 0. The average Bonchev–Trinajstić information content (AvgIpc) is 3.23. The van der Waals surface area contributed by atoms with Gasteiger partial charge in [-0.15, -0.1) is 17.9 Å². The largest absolute Gasteiger partial charge is 0.489 e. The van der Waals surface area contributed by atoms with Crippen LogP contribution >= 0.6 is 34.5 Å². The zero-order valence-electron chi connectivity index (χ0n) is 17.7. The van der Waals surface area contributed by atoms with E-state index in [1.54, 1.807) is 23.0 Å². The molecule has 3 aromatic carbocycles. The van der Waals surface area contributed by atoms with E-state index in [4.69, 9.17) is 33.0 Å². The van der Waals surface area contributed by atoms with Crippen molar-refractivity contribution in [3.8, 4) is 17.0 Å². The lowest BCUT2D eigenvalue weighted by molar-refractivity contribution is 0.306. The van der Waals surface area contributed by atoms with Crippen LogP contribution in [0, 0.1) is 0 Å². The highest BCUT2D eigenvalue weighted by molar-refractivity contribution is 7.07. The predicted octanol–water partition coefficient (Wildman–Crippen LogP) is 7.07. The Balaban J connectivity index is 1.63. The van der Waals surface area contributed by atoms with Crippen LogP contribution in [-0.4, -0.2) is 17.4 Å². The average molecular weight is 494 g/mol. The Bertz CT molecular complexity index is 1340. The third kappa shape index (κ3) is 6.02. The van der Waals surface area contributed by atoms with Gasteiger partial charge in [0.05, 0.1) is 23.5 Å². The zero-order chi connectivity index (χ0) is 23.0. The molecule has 0 atom stereocenters. The molecule has 166 valence electrons. The van der Waals surface area contributed by atoms with Gasteiger partial charge < -0.3 is 4.74 Å². The molecule has 0 N–H and O–H groups in total. The summed E-state index contributed by atoms with van der Waals surface area (Å²) in [4.78, 5) is 5.31. The number of hydrogen-bond acceptors (Lipinski definition) is 4. The minimum Gasteiger partial charge on any atom is -0.489 e. The molecule has 0 fully saturated rings. The standard InChI is InChI=1S/C26H21Cl2N3OS/c1-2-13-29-26-31(25(18-33-26)23-12-11-21(27)15-24(23)28)30-16-20-9-6-10-22(14-20)32-17-19-7-4-3-5-8-19/h2-12,14-16,18H,1,13,17H2/b29-26?,30-16+. The SMILES string of the molecule is C=CCN=c1scc(-c2ccc(Cl)cc2Cl)n1/N=C/c1cccc(OCc2ccccc2)c1. The number of hydrogen-bond donors (Lipinski definition) is 0. The fourth-order valence-corrected chi connectivity index (χ4v) is 4.44. The van der Waals surface area contributed by atoms with Crippen molar-refractivity contribution in [2.75, 3.05) is 6.54 Å². The maximum Gasteiger partial charge on any atom is 0.206 e. The first-order valence-corrected chi connectivity index (χ1v) is 11.9. The second-order valence-corrected chi connectivity index (χ2v) is 8.74. The van der Waals surface area contributed by atoms with Gasteiger partial charge in [0.1, 0.15) is 12.4 Å². The van der Waals surface area contributed by atoms with Crippen molar-refractivity contribution < 1.29 is 4.74 Å². The van der Waals surface area contributed by atoms with Gasteiger partial charge in [0.2, 0.25) is 4.80 Å². The molecule has 33 heavy (non-hydrogen) atoms. The molecule has 0 aliphatic carbocycles. The topological polar surface area (TPSA) is 38.9 Å². The van der Waals surface area contributed by atoms with Crippen LogP contribution in [0.2, 0.25) is 10.0 Å². The molecule has 0 saturated carbocycles. The molecule has 0 spiro atoms. The van der Waals surface area contributed by atoms with Crippen LogP contribution in [0.3, 0.4) is 0 Å². The van der Waals surface area contributed by atoms with Crippen molar-refractivity contribution >= 4 is 40.8 Å². The smallest absolute Gasteiger partial charge is 0.206 e. The third-order valence-electron chi connectivity index (χ3n) is 4.68. The number of thiazole rings is 1. The minimum absolute atomic E-state index is 0.493. The van der Waals surface area contributed by atoms with Gasteiger partial charge >= 0.3 is 0 Å². The van der Waals surface area contributed by atoms with Crippen LogP contribution in [-0.2, 0) is 6.61 Å². The molecule has 4 aromatic rings. The minimum atomic E-state index is 0.493. The van der Waals surface area contributed by atoms with Crippen molar-refractivity contribution in [2.45, 2.75) is 6.61 Å². The van der Waals surface area contributed by atoms with Crippen LogP contribution in [0.4, 0.5) is 0 Å². The summed E-state index contributed by atoms with van der Waals surface area (Å²) in [5.74, 6) is 0.774. The first-order chi connectivity index (χ1) is 16.1. The number of benzene rings is 3. The number of ether oxygens (including phenoxy) is 1. The Morgan fingerprint density at radius 3 is 2.64 bits per heavy atom. The molecule has 7 heteroatoms. The highest BCUT2D eigenvalue weighted by Gasteiger charge is 2.11. The predicted molar refractivity (Wildman–Crippen MR) is 139 cm³/mol. The highest BCUT2D eigenvalue weighted by atomic mass is 35.5. The quantitative estimate of drug-likeness (QED) is 0.191. The maximum atomic E-state index is 6.46. The van der Waals surface area contributed by atoms with Crippen LogP contribution in [0.15, 0.2) is 101 Å². The lowest BCUT2D eigenvalue weighted by Crippen LogP contribution is -2.12. The van der Waals surface area contributed by atoms with Gasteiger partial charge in [-0.05, 0) is 41.5 Å². The fraction of sp³-hybridized carbons (Fsp3) is 0.0769. The molecule has 1 heterocycles. The Morgan fingerprint density at radius 1 is 1.00 bits per heavy atom. The van der Waals surface area contributed by atoms with E-state index in [0.29, 0.717) is 23.2 Å². The normalized spacial score (nSPS) is 11.8. The van der Waals surface area contributed by atoms with Gasteiger partial charge in [0, 0.05) is 16.0 Å². The summed E-state index contributed by atoms with van der Waals surface area (Å²) < 4.78 is 7.72. The van der Waals surface area contributed by atoms with Gasteiger partial charge in [-0.1, -0.05) is 71.7 Å². The fourth-order valence-electron chi connectivity index (χ4n) is 3.09. The van der Waals surface area contributed by atoms with E-state index < -0.39 is 0 Å². The van der Waals surface area contributed by atoms with Crippen molar-refractivity contribution in [3.05, 3.63) is 117 Å². The van der Waals surface area contributed by atoms with E-state index in [9.17, 15) is 0 Å². The van der Waals surface area contributed by atoms with Crippen molar-refractivity contribution in [3.63, 3.8) is 0 Å². The molecule has 0 aliphatic rings. The Hall–Kier alpha value is -3.12. The van der Waals surface area contributed by atoms with E-state index in [1.165, 1.54) is 11.3 Å². The lowest BCUT2D eigenvalue weighted by Gasteiger charge is -2.08. The summed E-state index contributed by atoms with van der Waals surface area (Å²) in [5, 5.41) is 7.83. The summed E-state index contributed by atoms with van der Waals surface area (Å²) in [6.07, 6.45) is 3.53. The molecular weight excluding hydrogens is 473 g/mol. The number of halogens is 2. The van der Waals surface area contributed by atoms with Crippen molar-refractivity contribution in [1.82, 2.24) is 4.68 Å². The molecule has 0 unspecified atom stereocenters. The second-order valence-electron chi connectivity index (χ2n) is 7.06. The van der Waals surface area contributed by atoms with Gasteiger partial charge in [0.15, 0.2) is 0 Å². The van der Waals surface area contributed by atoms with Gasteiger partial charge in [-0.25, -0.2) is 4.68 Å². The molecule has 4 rings (SSSR count). The third-order valence-corrected chi connectivity index (χ3v) is 6.08. The Labute approximate surface area is 206 Å². The molecule has 1 aromatic heterocycles. The van der Waals surface area contributed by atoms with Crippen molar-refractivity contribution in [1.29, 1.82) is 0 Å². The van der Waals surface area contributed by atoms with E-state index >= 15 is 0 Å². The zero-order valence-corrected chi connectivity index (χ0v) is 20.0. The monoisotopic (exact) mass is 493 g/mol. The Morgan fingerprint density at radius 2 is 1.85 bits per heavy atom. The summed E-state index contributed by atoms with van der Waals surface area (Å²) in [6.45, 7) is 4.75. The van der Waals surface area contributed by atoms with Gasteiger partial charge in [-0.2, -0.15) is 5.10 Å². The maximum absolute atomic E-state index is 6.46. The Kier molecular flexibility index (Phi) is 7.79. The highest BCUT2D eigenvalue weighted by Crippen LogP contribution is 2.30. The number of rotatable bonds is 8. The van der Waals surface area contributed by atoms with Gasteiger partial charge in [0.25, 0.3) is 0 Å². The number of aromatic nitrogens is 1. The lowest BCUT2D eigenvalue weighted by atomic mass is 10.2. The van der Waals surface area contributed by atoms with Crippen LogP contribution in [0.5, 0.6) is 5.75 Å². The van der Waals surface area contributed by atoms with E-state index in [2.05, 4.69) is 11.6 Å². The summed E-state index contributed by atoms with van der Waals surface area (Å²) in [6, 6.07) is 23.3. The van der Waals surface area contributed by atoms with Crippen LogP contribution < -0.4 is 9.54 Å². The molecule has 4 nitrogen and oxygen atoms in total. The molecule has 0 aliphatic heterocycles. The van der Waals surface area contributed by atoms with Crippen molar-refractivity contribution in [2.24, 2.45) is 10.1 Å². The van der Waals surface area contributed by atoms with E-state index in [-0.39, 0.29) is 0 Å².